The summed E-state index contributed by atoms with van der Waals surface area (Å²) in [5.41, 5.74) is 2.12. The van der Waals surface area contributed by atoms with Gasteiger partial charge in [-0.25, -0.2) is 18.1 Å². The Labute approximate surface area is 141 Å². The second kappa shape index (κ2) is 6.42. The van der Waals surface area contributed by atoms with Crippen molar-refractivity contribution >= 4 is 26.7 Å². The maximum absolute atomic E-state index is 11.8. The fourth-order valence-electron chi connectivity index (χ4n) is 3.22. The Morgan fingerprint density at radius 1 is 1.50 bits per heavy atom. The topological polar surface area (TPSA) is 102 Å². The lowest BCUT2D eigenvalue weighted by molar-refractivity contribution is 0.317. The molecular formula is C16H21N5O2S. The summed E-state index contributed by atoms with van der Waals surface area (Å²) in [6, 6.07) is 4.29. The lowest BCUT2D eigenvalue weighted by atomic mass is 9.86. The summed E-state index contributed by atoms with van der Waals surface area (Å²) < 4.78 is 26.4. The summed E-state index contributed by atoms with van der Waals surface area (Å²) in [5, 5.41) is 10.3. The molecule has 1 saturated carbocycles. The predicted molar refractivity (Wildman–Crippen MR) is 93.2 cm³/mol. The van der Waals surface area contributed by atoms with Crippen molar-refractivity contribution in [1.82, 2.24) is 14.7 Å². The third-order valence-corrected chi connectivity index (χ3v) is 6.15. The molecule has 3 rings (SSSR count). The van der Waals surface area contributed by atoms with Gasteiger partial charge >= 0.3 is 0 Å². The van der Waals surface area contributed by atoms with E-state index in [1.165, 1.54) is 0 Å². The average molecular weight is 347 g/mol. The number of pyridine rings is 1. The zero-order valence-electron chi connectivity index (χ0n) is 13.8. The van der Waals surface area contributed by atoms with Gasteiger partial charge in [0.2, 0.25) is 10.0 Å². The van der Waals surface area contributed by atoms with Crippen molar-refractivity contribution in [1.29, 1.82) is 5.26 Å². The maximum Gasteiger partial charge on any atom is 0.211 e. The summed E-state index contributed by atoms with van der Waals surface area (Å²) in [4.78, 5) is 9.37. The van der Waals surface area contributed by atoms with Crippen molar-refractivity contribution in [3.8, 4) is 6.07 Å². The molecule has 0 spiro atoms. The van der Waals surface area contributed by atoms with Gasteiger partial charge in [-0.15, -0.1) is 0 Å². The average Bonchev–Trinajstić information content (AvgIpc) is 2.97. The Hall–Kier alpha value is -2.11. The summed E-state index contributed by atoms with van der Waals surface area (Å²) in [7, 11) is -1.23. The fraction of sp³-hybridized carbons (Fsp3) is 0.500. The fourth-order valence-corrected chi connectivity index (χ4v) is 4.58. The number of nitrogens with one attached hydrogen (secondary N) is 2. The molecule has 0 bridgehead atoms. The first-order valence-corrected chi connectivity index (χ1v) is 9.69. The van der Waals surface area contributed by atoms with Crippen LogP contribution >= 0.6 is 0 Å². The Bertz CT molecular complexity index is 877. The second-order valence-electron chi connectivity index (χ2n) is 6.24. The lowest BCUT2D eigenvalue weighted by Gasteiger charge is -2.42. The first kappa shape index (κ1) is 16.7. The third kappa shape index (κ3) is 3.09. The highest BCUT2D eigenvalue weighted by Gasteiger charge is 2.35. The van der Waals surface area contributed by atoms with E-state index in [0.717, 1.165) is 29.6 Å². The van der Waals surface area contributed by atoms with Crippen molar-refractivity contribution in [2.24, 2.45) is 0 Å². The Kier molecular flexibility index (Phi) is 4.47. The molecule has 2 aromatic heterocycles. The van der Waals surface area contributed by atoms with E-state index in [4.69, 9.17) is 0 Å². The van der Waals surface area contributed by atoms with Crippen LogP contribution in [-0.2, 0) is 10.0 Å². The molecule has 0 aromatic carbocycles. The number of aromatic nitrogens is 2. The van der Waals surface area contributed by atoms with Crippen molar-refractivity contribution in [2.75, 3.05) is 17.7 Å². The third-order valence-electron chi connectivity index (χ3n) is 4.51. The number of H-pyrrole nitrogens is 1. The number of fused-ring (bicyclic) bond motifs is 1. The van der Waals surface area contributed by atoms with Crippen LogP contribution in [0.2, 0.25) is 0 Å². The molecule has 2 N–H and O–H groups in total. The van der Waals surface area contributed by atoms with Crippen LogP contribution in [0.15, 0.2) is 18.5 Å². The van der Waals surface area contributed by atoms with Crippen molar-refractivity contribution in [2.45, 2.75) is 38.3 Å². The molecule has 7 nitrogen and oxygen atoms in total. The molecule has 0 saturated heterocycles. The van der Waals surface area contributed by atoms with E-state index in [1.807, 2.05) is 20.0 Å². The molecule has 0 aliphatic heterocycles. The standard InChI is InChI=1S/C16H21N5O2S/c1-3-6-24(22,23)20-12-7-13(8-12)21(2)15-11(9-17)10-19-16-14(15)4-5-18-16/h4-5,10,12-13,20H,3,6-8H2,1-2H3,(H,18,19)/t12-,13+. The number of nitrogens with zero attached hydrogens (tertiary/aromatic N) is 3. The van der Waals surface area contributed by atoms with E-state index < -0.39 is 10.0 Å². The number of hydrogen-bond acceptors (Lipinski definition) is 5. The van der Waals surface area contributed by atoms with E-state index >= 15 is 0 Å². The summed E-state index contributed by atoms with van der Waals surface area (Å²) in [5.74, 6) is 0.164. The molecule has 128 valence electrons. The summed E-state index contributed by atoms with van der Waals surface area (Å²) in [6.45, 7) is 1.85. The van der Waals surface area contributed by atoms with Crippen LogP contribution in [-0.4, -0.2) is 43.3 Å². The molecule has 1 aliphatic rings. The monoisotopic (exact) mass is 347 g/mol. The van der Waals surface area contributed by atoms with Gasteiger partial charge in [0.25, 0.3) is 0 Å². The van der Waals surface area contributed by atoms with Gasteiger partial charge in [0, 0.05) is 36.9 Å². The molecule has 1 fully saturated rings. The van der Waals surface area contributed by atoms with E-state index in [9.17, 15) is 13.7 Å². The first-order chi connectivity index (χ1) is 11.4. The molecule has 0 radical (unpaired) electrons. The molecule has 24 heavy (non-hydrogen) atoms. The Morgan fingerprint density at radius 3 is 2.92 bits per heavy atom. The molecule has 1 aliphatic carbocycles. The van der Waals surface area contributed by atoms with Crippen molar-refractivity contribution < 1.29 is 8.42 Å². The molecule has 0 atom stereocenters. The van der Waals surface area contributed by atoms with Gasteiger partial charge in [0.1, 0.15) is 11.7 Å². The number of aromatic amines is 1. The number of anilines is 1. The lowest BCUT2D eigenvalue weighted by Crippen LogP contribution is -2.53. The van der Waals surface area contributed by atoms with Gasteiger partial charge in [0.15, 0.2) is 0 Å². The van der Waals surface area contributed by atoms with Crippen molar-refractivity contribution in [3.63, 3.8) is 0 Å². The Morgan fingerprint density at radius 2 is 2.25 bits per heavy atom. The van der Waals surface area contributed by atoms with Gasteiger partial charge < -0.3 is 9.88 Å². The minimum atomic E-state index is -3.18. The minimum absolute atomic E-state index is 0.0249. The molecule has 2 heterocycles. The van der Waals surface area contributed by atoms with E-state index in [0.29, 0.717) is 12.0 Å². The number of rotatable bonds is 6. The SMILES string of the molecule is CCCS(=O)(=O)N[C@H]1C[C@@H](N(C)c2c(C#N)cnc3[nH]ccc23)C1. The first-order valence-electron chi connectivity index (χ1n) is 8.04. The normalized spacial score (nSPS) is 20.5. The zero-order chi connectivity index (χ0) is 17.3. The van der Waals surface area contributed by atoms with Crippen LogP contribution in [0.5, 0.6) is 0 Å². The zero-order valence-corrected chi connectivity index (χ0v) is 14.6. The number of nitriles is 1. The highest BCUT2D eigenvalue weighted by Crippen LogP contribution is 2.35. The van der Waals surface area contributed by atoms with Crippen molar-refractivity contribution in [3.05, 3.63) is 24.0 Å². The smallest absolute Gasteiger partial charge is 0.211 e. The largest absolute Gasteiger partial charge is 0.370 e. The van der Waals surface area contributed by atoms with E-state index in [2.05, 4.69) is 25.7 Å². The van der Waals surface area contributed by atoms with Crippen LogP contribution in [0.4, 0.5) is 5.69 Å². The molecule has 8 heteroatoms. The molecule has 0 amide bonds. The van der Waals surface area contributed by atoms with Gasteiger partial charge in [-0.1, -0.05) is 6.92 Å². The second-order valence-corrected chi connectivity index (χ2v) is 8.12. The molecule has 2 aromatic rings. The molecule has 0 unspecified atom stereocenters. The van der Waals surface area contributed by atoms with Crippen LogP contribution in [0.3, 0.4) is 0 Å². The van der Waals surface area contributed by atoms with Crippen LogP contribution in [0.25, 0.3) is 11.0 Å². The van der Waals surface area contributed by atoms with Crippen LogP contribution in [0, 0.1) is 11.3 Å². The highest BCUT2D eigenvalue weighted by molar-refractivity contribution is 7.89. The van der Waals surface area contributed by atoms with Gasteiger partial charge in [-0.05, 0) is 25.3 Å². The molecular weight excluding hydrogens is 326 g/mol. The van der Waals surface area contributed by atoms with Crippen LogP contribution in [0.1, 0.15) is 31.7 Å². The van der Waals surface area contributed by atoms with Gasteiger partial charge in [-0.3, -0.25) is 0 Å². The van der Waals surface area contributed by atoms with E-state index in [-0.39, 0.29) is 17.8 Å². The highest BCUT2D eigenvalue weighted by atomic mass is 32.2. The summed E-state index contributed by atoms with van der Waals surface area (Å²) >= 11 is 0. The minimum Gasteiger partial charge on any atom is -0.370 e. The summed E-state index contributed by atoms with van der Waals surface area (Å²) in [6.07, 6.45) is 5.46. The van der Waals surface area contributed by atoms with Gasteiger partial charge in [-0.2, -0.15) is 5.26 Å². The predicted octanol–water partition coefficient (Wildman–Crippen LogP) is 1.73. The number of hydrogen-bond donors (Lipinski definition) is 2. The van der Waals surface area contributed by atoms with Crippen LogP contribution < -0.4 is 9.62 Å². The quantitative estimate of drug-likeness (QED) is 0.828. The Balaban J connectivity index is 1.75. The maximum atomic E-state index is 11.8. The van der Waals surface area contributed by atoms with Gasteiger partial charge in [0.05, 0.1) is 17.0 Å². The number of sulfonamides is 1. The van der Waals surface area contributed by atoms with E-state index in [1.54, 1.807) is 12.4 Å².